The van der Waals surface area contributed by atoms with Crippen LogP contribution >= 0.6 is 0 Å². The van der Waals surface area contributed by atoms with Crippen LogP contribution in [0.1, 0.15) is 61.5 Å². The maximum Gasteiger partial charge on any atom is 0.279 e. The van der Waals surface area contributed by atoms with Crippen LogP contribution in [0, 0.1) is 11.8 Å². The molecular formula is C32H41N3O7. The fourth-order valence-corrected chi connectivity index (χ4v) is 4.48. The number of rotatable bonds is 12. The highest BCUT2D eigenvalue weighted by Crippen LogP contribution is 2.27. The molecule has 1 saturated heterocycles. The quantitative estimate of drug-likeness (QED) is 0.131. The van der Waals surface area contributed by atoms with E-state index in [-0.39, 0.29) is 19.8 Å². The summed E-state index contributed by atoms with van der Waals surface area (Å²) in [6.45, 7) is 4.15. The first-order valence-corrected chi connectivity index (χ1v) is 14.0. The van der Waals surface area contributed by atoms with E-state index in [1.165, 1.54) is 7.05 Å². The first-order valence-electron chi connectivity index (χ1n) is 14.0. The summed E-state index contributed by atoms with van der Waals surface area (Å²) in [4.78, 5) is 33.5. The third kappa shape index (κ3) is 8.41. The van der Waals surface area contributed by atoms with E-state index in [4.69, 9.17) is 19.4 Å². The van der Waals surface area contributed by atoms with Crippen LogP contribution in [0.4, 0.5) is 0 Å². The summed E-state index contributed by atoms with van der Waals surface area (Å²) >= 11 is 0. The molecule has 2 aromatic rings. The Morgan fingerprint density at radius 2 is 1.76 bits per heavy atom. The summed E-state index contributed by atoms with van der Waals surface area (Å²) in [5.41, 5.74) is 4.56. The third-order valence-corrected chi connectivity index (χ3v) is 7.18. The van der Waals surface area contributed by atoms with E-state index in [2.05, 4.69) is 22.6 Å². The van der Waals surface area contributed by atoms with Crippen molar-refractivity contribution in [2.75, 3.05) is 40.5 Å². The van der Waals surface area contributed by atoms with Gasteiger partial charge in [-0.25, -0.2) is 10.3 Å². The van der Waals surface area contributed by atoms with Gasteiger partial charge < -0.3 is 29.9 Å². The minimum absolute atomic E-state index is 0.0898. The maximum absolute atomic E-state index is 13.3. The lowest BCUT2D eigenvalue weighted by atomic mass is 9.95. The molecule has 1 aliphatic rings. The van der Waals surface area contributed by atoms with Gasteiger partial charge in [-0.2, -0.15) is 0 Å². The van der Waals surface area contributed by atoms with Crippen molar-refractivity contribution < 1.29 is 34.1 Å². The van der Waals surface area contributed by atoms with Gasteiger partial charge in [0, 0.05) is 43.9 Å². The summed E-state index contributed by atoms with van der Waals surface area (Å²) in [5.74, 6) is 5.14. The Morgan fingerprint density at radius 3 is 2.31 bits per heavy atom. The number of amides is 2. The molecule has 0 radical (unpaired) electrons. The average Bonchev–Trinajstić information content (AvgIpc) is 3.03. The highest BCUT2D eigenvalue weighted by atomic mass is 16.8. The normalized spacial score (nSPS) is 17.3. The first-order chi connectivity index (χ1) is 20.2. The number of hydroxylamine groups is 1. The maximum atomic E-state index is 13.3. The summed E-state index contributed by atoms with van der Waals surface area (Å²) in [7, 11) is 3.17. The molecule has 0 spiro atoms. The lowest BCUT2D eigenvalue weighted by Crippen LogP contribution is -2.63. The molecule has 2 aromatic carbocycles. The molecule has 3 atom stereocenters. The predicted molar refractivity (Wildman–Crippen MR) is 158 cm³/mol. The molecule has 2 amide bonds. The van der Waals surface area contributed by atoms with E-state index in [9.17, 15) is 14.7 Å². The zero-order valence-corrected chi connectivity index (χ0v) is 24.7. The highest BCUT2D eigenvalue weighted by Gasteiger charge is 2.46. The molecule has 1 fully saturated rings. The number of aliphatic hydroxyl groups is 2. The van der Waals surface area contributed by atoms with Gasteiger partial charge in [0.25, 0.3) is 11.8 Å². The van der Waals surface area contributed by atoms with Crippen molar-refractivity contribution in [3.63, 3.8) is 0 Å². The number of benzene rings is 2. The summed E-state index contributed by atoms with van der Waals surface area (Å²) in [5, 5.41) is 21.6. The number of carbonyl (C=O) groups excluding carboxylic acids is 2. The Bertz CT molecular complexity index is 1260. The van der Waals surface area contributed by atoms with Crippen LogP contribution in [-0.4, -0.2) is 79.3 Å². The molecule has 1 aliphatic heterocycles. The fraction of sp³-hybridized carbons (Fsp3) is 0.438. The van der Waals surface area contributed by atoms with E-state index >= 15 is 0 Å². The van der Waals surface area contributed by atoms with Crippen LogP contribution in [0.2, 0.25) is 0 Å². The van der Waals surface area contributed by atoms with Gasteiger partial charge in [-0.1, -0.05) is 42.2 Å². The van der Waals surface area contributed by atoms with Gasteiger partial charge in [-0.3, -0.25) is 9.59 Å². The van der Waals surface area contributed by atoms with Gasteiger partial charge in [0.2, 0.25) is 0 Å². The molecule has 3 rings (SSSR count). The van der Waals surface area contributed by atoms with Crippen molar-refractivity contribution in [2.24, 2.45) is 0 Å². The molecule has 0 aromatic heterocycles. The second-order valence-electron chi connectivity index (χ2n) is 9.99. The van der Waals surface area contributed by atoms with Gasteiger partial charge in [-0.05, 0) is 62.1 Å². The number of aliphatic hydroxyl groups excluding tert-OH is 2. The molecule has 0 bridgehead atoms. The van der Waals surface area contributed by atoms with Gasteiger partial charge in [0.05, 0.1) is 19.8 Å². The van der Waals surface area contributed by atoms with Crippen LogP contribution in [0.25, 0.3) is 5.70 Å². The first kappa shape index (κ1) is 32.8. The number of nitrogens with zero attached hydrogens (tertiary/aromatic N) is 1. The number of allylic oxidation sites excluding steroid dienone is 1. The molecule has 0 saturated carbocycles. The monoisotopic (exact) mass is 579 g/mol. The number of hydrogen-bond acceptors (Lipinski definition) is 8. The van der Waals surface area contributed by atoms with Crippen LogP contribution in [0.15, 0.2) is 54.6 Å². The SMILES string of the molecule is CC=C(c1ccc(C#Cc2ccc(C(O)COCCO)cc2)cc1)N(C)[C@@](C)(C(=O)NC)C(=O)NOC1CCCCO1. The van der Waals surface area contributed by atoms with Crippen molar-refractivity contribution in [2.45, 2.75) is 51.0 Å². The smallest absolute Gasteiger partial charge is 0.279 e. The topological polar surface area (TPSA) is 130 Å². The van der Waals surface area contributed by atoms with Crippen LogP contribution in [0.3, 0.4) is 0 Å². The molecule has 4 N–H and O–H groups in total. The molecule has 42 heavy (non-hydrogen) atoms. The van der Waals surface area contributed by atoms with Crippen molar-refractivity contribution in [3.8, 4) is 11.8 Å². The molecule has 10 heteroatoms. The Kier molecular flexibility index (Phi) is 12.5. The van der Waals surface area contributed by atoms with E-state index in [1.54, 1.807) is 31.0 Å². The largest absolute Gasteiger partial charge is 0.394 e. The van der Waals surface area contributed by atoms with Gasteiger partial charge in [-0.15, -0.1) is 0 Å². The Hall–Kier alpha value is -3.72. The van der Waals surface area contributed by atoms with E-state index in [0.29, 0.717) is 24.3 Å². The molecule has 2 unspecified atom stereocenters. The zero-order chi connectivity index (χ0) is 30.5. The third-order valence-electron chi connectivity index (χ3n) is 7.18. The van der Waals surface area contributed by atoms with Crippen LogP contribution in [-0.2, 0) is 23.9 Å². The Balaban J connectivity index is 1.71. The molecular weight excluding hydrogens is 538 g/mol. The lowest BCUT2D eigenvalue weighted by molar-refractivity contribution is -0.204. The van der Waals surface area contributed by atoms with Crippen molar-refractivity contribution in [3.05, 3.63) is 76.9 Å². The van der Waals surface area contributed by atoms with Gasteiger partial charge in [0.1, 0.15) is 6.10 Å². The second kappa shape index (κ2) is 16.1. The van der Waals surface area contributed by atoms with Crippen molar-refractivity contribution >= 4 is 17.5 Å². The minimum Gasteiger partial charge on any atom is -0.394 e. The number of nitrogens with one attached hydrogen (secondary N) is 2. The molecule has 10 nitrogen and oxygen atoms in total. The number of ether oxygens (including phenoxy) is 2. The fourth-order valence-electron chi connectivity index (χ4n) is 4.48. The average molecular weight is 580 g/mol. The van der Waals surface area contributed by atoms with Crippen molar-refractivity contribution in [1.29, 1.82) is 0 Å². The van der Waals surface area contributed by atoms with E-state index < -0.39 is 29.7 Å². The lowest BCUT2D eigenvalue weighted by Gasteiger charge is -2.38. The van der Waals surface area contributed by atoms with Crippen LogP contribution in [0.5, 0.6) is 0 Å². The number of likely N-dealkylation sites (N-methyl/N-ethyl adjacent to an activating group) is 2. The molecule has 0 aliphatic carbocycles. The van der Waals surface area contributed by atoms with E-state index in [0.717, 1.165) is 29.5 Å². The Morgan fingerprint density at radius 1 is 1.12 bits per heavy atom. The number of hydrogen-bond donors (Lipinski definition) is 4. The summed E-state index contributed by atoms with van der Waals surface area (Å²) in [6, 6.07) is 14.8. The predicted octanol–water partition coefficient (Wildman–Crippen LogP) is 2.50. The van der Waals surface area contributed by atoms with E-state index in [1.807, 2.05) is 49.4 Å². The van der Waals surface area contributed by atoms with Crippen LogP contribution < -0.4 is 10.8 Å². The van der Waals surface area contributed by atoms with Gasteiger partial charge in [0.15, 0.2) is 11.8 Å². The summed E-state index contributed by atoms with van der Waals surface area (Å²) < 4.78 is 10.7. The summed E-state index contributed by atoms with van der Waals surface area (Å²) in [6.07, 6.45) is 3.07. The molecule has 226 valence electrons. The zero-order valence-electron chi connectivity index (χ0n) is 24.7. The standard InChI is InChI=1S/C32H41N3O7/c1-5-27(35(4)32(2,30(38)33-3)31(39)34-42-29-8-6-7-20-41-29)25-15-11-23(12-16-25)9-10-24-13-17-26(18-14-24)28(37)22-40-21-19-36/h5,11-18,28-29,36-37H,6-8,19-22H2,1-4H3,(H,33,38)(H,34,39)/t28?,29?,32-/m0/s1. The van der Waals surface area contributed by atoms with Crippen molar-refractivity contribution in [1.82, 2.24) is 15.7 Å². The molecule has 1 heterocycles. The van der Waals surface area contributed by atoms with Gasteiger partial charge >= 0.3 is 0 Å². The highest BCUT2D eigenvalue weighted by molar-refractivity contribution is 6.10. The minimum atomic E-state index is -1.62. The second-order valence-corrected chi connectivity index (χ2v) is 9.99. The number of carbonyl (C=O) groups is 2. The Labute approximate surface area is 247 Å².